The molecule has 0 radical (unpaired) electrons. The molecule has 2 rings (SSSR count). The third kappa shape index (κ3) is 7.66. The van der Waals surface area contributed by atoms with E-state index in [1.165, 1.54) is 0 Å². The van der Waals surface area contributed by atoms with Crippen LogP contribution in [0.2, 0.25) is 0 Å². The van der Waals surface area contributed by atoms with Gasteiger partial charge in [-0.15, -0.1) is 24.0 Å². The van der Waals surface area contributed by atoms with Gasteiger partial charge in [-0.1, -0.05) is 20.3 Å². The Morgan fingerprint density at radius 3 is 2.96 bits per heavy atom. The topological polar surface area (TPSA) is 69.9 Å². The summed E-state index contributed by atoms with van der Waals surface area (Å²) in [5.74, 6) is 2.04. The molecule has 25 heavy (non-hydrogen) atoms. The van der Waals surface area contributed by atoms with E-state index >= 15 is 0 Å². The van der Waals surface area contributed by atoms with Crippen LogP contribution in [0.3, 0.4) is 0 Å². The van der Waals surface area contributed by atoms with Crippen LogP contribution in [0.25, 0.3) is 0 Å². The summed E-state index contributed by atoms with van der Waals surface area (Å²) in [5, 5.41) is 6.86. The molecule has 0 bridgehead atoms. The molecule has 1 unspecified atom stereocenters. The number of hydrogen-bond acceptors (Lipinski definition) is 3. The van der Waals surface area contributed by atoms with Gasteiger partial charge in [0.15, 0.2) is 5.96 Å². The van der Waals surface area contributed by atoms with E-state index in [4.69, 9.17) is 4.42 Å². The van der Waals surface area contributed by atoms with Gasteiger partial charge in [0.05, 0.1) is 6.26 Å². The number of nitrogens with zero attached hydrogens (tertiary/aromatic N) is 2. The SMILES string of the molecule is CCCCN=C(NCCc1ccco1)NC1CCN(C(=O)CC)C1.I. The average molecular weight is 462 g/mol. The van der Waals surface area contributed by atoms with E-state index in [1.54, 1.807) is 6.26 Å². The van der Waals surface area contributed by atoms with Gasteiger partial charge in [0.1, 0.15) is 5.76 Å². The summed E-state index contributed by atoms with van der Waals surface area (Å²) >= 11 is 0. The molecule has 0 aliphatic carbocycles. The minimum atomic E-state index is 0. The Hall–Kier alpha value is -1.25. The average Bonchev–Trinajstić information content (AvgIpc) is 3.26. The lowest BCUT2D eigenvalue weighted by atomic mass is 10.2. The van der Waals surface area contributed by atoms with Crippen molar-refractivity contribution in [2.45, 2.75) is 52.0 Å². The van der Waals surface area contributed by atoms with Crippen LogP contribution in [-0.4, -0.2) is 49.0 Å². The Morgan fingerprint density at radius 2 is 2.28 bits per heavy atom. The molecular formula is C18H31IN4O2. The lowest BCUT2D eigenvalue weighted by Gasteiger charge is -2.19. The first-order valence-electron chi connectivity index (χ1n) is 9.08. The van der Waals surface area contributed by atoms with E-state index in [2.05, 4.69) is 22.5 Å². The molecule has 7 heteroatoms. The van der Waals surface area contributed by atoms with Crippen molar-refractivity contribution in [1.29, 1.82) is 0 Å². The molecular weight excluding hydrogens is 431 g/mol. The van der Waals surface area contributed by atoms with Crippen LogP contribution < -0.4 is 10.6 Å². The molecule has 2 N–H and O–H groups in total. The number of unbranched alkanes of at least 4 members (excludes halogenated alkanes) is 1. The second kappa shape index (κ2) is 12.2. The van der Waals surface area contributed by atoms with Crippen LogP contribution >= 0.6 is 24.0 Å². The number of carbonyl (C=O) groups is 1. The maximum absolute atomic E-state index is 11.8. The molecule has 1 saturated heterocycles. The third-order valence-corrected chi connectivity index (χ3v) is 4.21. The van der Waals surface area contributed by atoms with E-state index < -0.39 is 0 Å². The zero-order valence-electron chi connectivity index (χ0n) is 15.3. The van der Waals surface area contributed by atoms with Crippen LogP contribution in [0, 0.1) is 0 Å². The van der Waals surface area contributed by atoms with Crippen LogP contribution in [0.1, 0.15) is 45.3 Å². The first-order chi connectivity index (χ1) is 11.7. The van der Waals surface area contributed by atoms with Crippen molar-refractivity contribution in [3.8, 4) is 0 Å². The van der Waals surface area contributed by atoms with Gasteiger partial charge in [-0.3, -0.25) is 9.79 Å². The first-order valence-corrected chi connectivity index (χ1v) is 9.08. The Labute approximate surface area is 167 Å². The predicted octanol–water partition coefficient (Wildman–Crippen LogP) is 2.79. The number of amides is 1. The molecule has 1 aliphatic rings. The summed E-state index contributed by atoms with van der Waals surface area (Å²) < 4.78 is 5.36. The molecule has 1 aromatic heterocycles. The summed E-state index contributed by atoms with van der Waals surface area (Å²) in [4.78, 5) is 18.4. The molecule has 142 valence electrons. The summed E-state index contributed by atoms with van der Waals surface area (Å²) in [5.41, 5.74) is 0. The summed E-state index contributed by atoms with van der Waals surface area (Å²) in [6.07, 6.45) is 6.28. The van der Waals surface area contributed by atoms with Gasteiger partial charge >= 0.3 is 0 Å². The monoisotopic (exact) mass is 462 g/mol. The second-order valence-electron chi connectivity index (χ2n) is 6.16. The van der Waals surface area contributed by atoms with E-state index in [-0.39, 0.29) is 35.9 Å². The molecule has 1 aliphatic heterocycles. The number of nitrogens with one attached hydrogen (secondary N) is 2. The van der Waals surface area contributed by atoms with Crippen molar-refractivity contribution in [2.75, 3.05) is 26.2 Å². The van der Waals surface area contributed by atoms with Gasteiger partial charge in [0, 0.05) is 45.1 Å². The van der Waals surface area contributed by atoms with Crippen LogP contribution in [0.15, 0.2) is 27.8 Å². The van der Waals surface area contributed by atoms with E-state index in [0.29, 0.717) is 6.42 Å². The highest BCUT2D eigenvalue weighted by atomic mass is 127. The van der Waals surface area contributed by atoms with Gasteiger partial charge in [-0.25, -0.2) is 0 Å². The van der Waals surface area contributed by atoms with Gasteiger partial charge < -0.3 is 20.0 Å². The highest BCUT2D eigenvalue weighted by Crippen LogP contribution is 2.10. The third-order valence-electron chi connectivity index (χ3n) is 4.21. The predicted molar refractivity (Wildman–Crippen MR) is 111 cm³/mol. The molecule has 1 fully saturated rings. The number of guanidine groups is 1. The number of furan rings is 1. The maximum Gasteiger partial charge on any atom is 0.222 e. The maximum atomic E-state index is 11.8. The minimum Gasteiger partial charge on any atom is -0.469 e. The lowest BCUT2D eigenvalue weighted by molar-refractivity contribution is -0.129. The number of halogens is 1. The Morgan fingerprint density at radius 1 is 1.44 bits per heavy atom. The van der Waals surface area contributed by atoms with E-state index in [0.717, 1.165) is 63.6 Å². The van der Waals surface area contributed by atoms with Crippen molar-refractivity contribution < 1.29 is 9.21 Å². The first kappa shape index (κ1) is 21.8. The molecule has 1 aromatic rings. The molecule has 0 saturated carbocycles. The highest BCUT2D eigenvalue weighted by Gasteiger charge is 2.25. The summed E-state index contributed by atoms with van der Waals surface area (Å²) in [7, 11) is 0. The Balaban J connectivity index is 0.00000312. The van der Waals surface area contributed by atoms with Crippen LogP contribution in [0.4, 0.5) is 0 Å². The normalized spacial score (nSPS) is 17.3. The summed E-state index contributed by atoms with van der Waals surface area (Å²) in [6.45, 7) is 7.26. The zero-order chi connectivity index (χ0) is 17.2. The lowest BCUT2D eigenvalue weighted by Crippen LogP contribution is -2.45. The Bertz CT molecular complexity index is 519. The molecule has 0 aromatic carbocycles. The molecule has 2 heterocycles. The zero-order valence-corrected chi connectivity index (χ0v) is 17.6. The number of carbonyl (C=O) groups excluding carboxylic acids is 1. The smallest absolute Gasteiger partial charge is 0.222 e. The van der Waals surface area contributed by atoms with Crippen molar-refractivity contribution in [3.05, 3.63) is 24.2 Å². The van der Waals surface area contributed by atoms with Gasteiger partial charge in [0.25, 0.3) is 0 Å². The largest absolute Gasteiger partial charge is 0.469 e. The number of aliphatic imine (C=N–C) groups is 1. The highest BCUT2D eigenvalue weighted by molar-refractivity contribution is 14.0. The number of likely N-dealkylation sites (tertiary alicyclic amines) is 1. The Kier molecular flexibility index (Phi) is 10.6. The quantitative estimate of drug-likeness (QED) is 0.270. The van der Waals surface area contributed by atoms with Crippen molar-refractivity contribution in [1.82, 2.24) is 15.5 Å². The van der Waals surface area contributed by atoms with Crippen LogP contribution in [0.5, 0.6) is 0 Å². The standard InChI is InChI=1S/C18H30N4O2.HI/c1-3-5-10-19-18(20-11-8-16-7-6-13-24-16)21-15-9-12-22(14-15)17(23)4-2;/h6-7,13,15H,3-5,8-12,14H2,1-2H3,(H2,19,20,21);1H. The molecule has 1 atom stereocenters. The van der Waals surface area contributed by atoms with Crippen molar-refractivity contribution in [2.24, 2.45) is 4.99 Å². The van der Waals surface area contributed by atoms with E-state index in [9.17, 15) is 4.79 Å². The van der Waals surface area contributed by atoms with Gasteiger partial charge in [-0.2, -0.15) is 0 Å². The molecule has 1 amide bonds. The fraction of sp³-hybridized carbons (Fsp3) is 0.667. The number of hydrogen-bond donors (Lipinski definition) is 2. The van der Waals surface area contributed by atoms with Crippen molar-refractivity contribution >= 4 is 35.8 Å². The minimum absolute atomic E-state index is 0. The van der Waals surface area contributed by atoms with Gasteiger partial charge in [0.2, 0.25) is 5.91 Å². The van der Waals surface area contributed by atoms with Crippen molar-refractivity contribution in [3.63, 3.8) is 0 Å². The second-order valence-corrected chi connectivity index (χ2v) is 6.16. The van der Waals surface area contributed by atoms with Gasteiger partial charge in [-0.05, 0) is 25.0 Å². The molecule has 0 spiro atoms. The fourth-order valence-electron chi connectivity index (χ4n) is 2.78. The molecule has 6 nitrogen and oxygen atoms in total. The van der Waals surface area contributed by atoms with E-state index in [1.807, 2.05) is 24.0 Å². The fourth-order valence-corrected chi connectivity index (χ4v) is 2.78. The number of rotatable bonds is 8. The summed E-state index contributed by atoms with van der Waals surface area (Å²) in [6, 6.07) is 4.16. The van der Waals surface area contributed by atoms with Crippen LogP contribution in [-0.2, 0) is 11.2 Å².